The number of methoxy groups -OCH3 is 1. The van der Waals surface area contributed by atoms with Crippen molar-refractivity contribution < 1.29 is 9.53 Å². The summed E-state index contributed by atoms with van der Waals surface area (Å²) in [4.78, 5) is 29.1. The Morgan fingerprint density at radius 2 is 2.03 bits per heavy atom. The van der Waals surface area contributed by atoms with E-state index in [4.69, 9.17) is 9.72 Å². The Kier molecular flexibility index (Phi) is 5.87. The van der Waals surface area contributed by atoms with Gasteiger partial charge in [0, 0.05) is 35.8 Å². The maximum absolute atomic E-state index is 13.5. The van der Waals surface area contributed by atoms with Gasteiger partial charge in [-0.1, -0.05) is 12.1 Å². The number of aromatic nitrogens is 5. The number of hydrogen-bond acceptors (Lipinski definition) is 7. The van der Waals surface area contributed by atoms with Crippen LogP contribution < -0.4 is 4.74 Å². The fourth-order valence-electron chi connectivity index (χ4n) is 3.98. The number of carbonyl (C=O) groups excluding carboxylic acids is 1. The second-order valence-electron chi connectivity index (χ2n) is 8.49. The number of thiazole rings is 1. The summed E-state index contributed by atoms with van der Waals surface area (Å²) < 4.78 is 7.22. The Hall–Kier alpha value is -3.59. The van der Waals surface area contributed by atoms with Crippen molar-refractivity contribution in [1.82, 2.24) is 29.6 Å². The monoisotopic (exact) mass is 474 g/mol. The number of ether oxygens (including phenoxy) is 1. The van der Waals surface area contributed by atoms with E-state index in [1.165, 1.54) is 0 Å². The first kappa shape index (κ1) is 22.2. The van der Waals surface area contributed by atoms with E-state index in [-0.39, 0.29) is 17.9 Å². The zero-order chi connectivity index (χ0) is 23.8. The Bertz CT molecular complexity index is 1340. The average Bonchev–Trinajstić information content (AvgIpc) is 3.46. The summed E-state index contributed by atoms with van der Waals surface area (Å²) in [6.45, 7) is 3.96. The summed E-state index contributed by atoms with van der Waals surface area (Å²) in [6.07, 6.45) is 5.39. The standard InChI is InChI=1S/C25H26N6O2S/c1-15-14-34-23(28-15)16(2)30(3)24(32)19-13-27-31(22(19)17-9-10-17)25-26-12-11-20(29-25)18-7-5-6-8-21(18)33-4/h5-8,11-14,16-17H,9-10H2,1-4H3. The van der Waals surface area contributed by atoms with Gasteiger partial charge in [-0.25, -0.2) is 19.6 Å². The van der Waals surface area contributed by atoms with Gasteiger partial charge >= 0.3 is 0 Å². The summed E-state index contributed by atoms with van der Waals surface area (Å²) in [5.74, 6) is 1.37. The zero-order valence-corrected chi connectivity index (χ0v) is 20.4. The molecule has 4 aromatic rings. The van der Waals surface area contributed by atoms with E-state index < -0.39 is 0 Å². The van der Waals surface area contributed by atoms with Crippen molar-refractivity contribution in [3.8, 4) is 23.0 Å². The maximum atomic E-state index is 13.5. The molecule has 1 aliphatic carbocycles. The molecular weight excluding hydrogens is 448 g/mol. The molecule has 1 aromatic carbocycles. The van der Waals surface area contributed by atoms with Crippen LogP contribution in [-0.2, 0) is 0 Å². The zero-order valence-electron chi connectivity index (χ0n) is 19.6. The summed E-state index contributed by atoms with van der Waals surface area (Å²) in [5.41, 5.74) is 4.04. The number of hydrogen-bond donors (Lipinski definition) is 0. The fourth-order valence-corrected chi connectivity index (χ4v) is 4.88. The molecule has 0 spiro atoms. The second kappa shape index (κ2) is 8.98. The summed E-state index contributed by atoms with van der Waals surface area (Å²) in [5, 5.41) is 7.49. The summed E-state index contributed by atoms with van der Waals surface area (Å²) >= 11 is 1.57. The van der Waals surface area contributed by atoms with Crippen LogP contribution in [0.3, 0.4) is 0 Å². The molecule has 3 aromatic heterocycles. The normalized spacial score (nSPS) is 14.1. The van der Waals surface area contributed by atoms with Crippen LogP contribution in [0.15, 0.2) is 48.1 Å². The van der Waals surface area contributed by atoms with Crippen molar-refractivity contribution in [3.05, 3.63) is 70.1 Å². The van der Waals surface area contributed by atoms with Crippen LogP contribution in [0.5, 0.6) is 5.75 Å². The van der Waals surface area contributed by atoms with Crippen molar-refractivity contribution in [2.24, 2.45) is 0 Å². The van der Waals surface area contributed by atoms with Gasteiger partial charge < -0.3 is 9.64 Å². The first-order valence-corrected chi connectivity index (χ1v) is 12.1. The van der Waals surface area contributed by atoms with E-state index in [1.807, 2.05) is 56.6 Å². The molecule has 1 atom stereocenters. The van der Waals surface area contributed by atoms with Crippen LogP contribution >= 0.6 is 11.3 Å². The van der Waals surface area contributed by atoms with Crippen LogP contribution in [-0.4, -0.2) is 49.7 Å². The molecule has 34 heavy (non-hydrogen) atoms. The van der Waals surface area contributed by atoms with E-state index >= 15 is 0 Å². The molecule has 174 valence electrons. The molecule has 5 rings (SSSR count). The minimum absolute atomic E-state index is 0.0746. The number of nitrogens with zero attached hydrogens (tertiary/aromatic N) is 6. The van der Waals surface area contributed by atoms with Gasteiger partial charge in [0.1, 0.15) is 10.8 Å². The SMILES string of the molecule is COc1ccccc1-c1ccnc(-n2ncc(C(=O)N(C)C(C)c3nc(C)cs3)c2C2CC2)n1. The first-order valence-electron chi connectivity index (χ1n) is 11.2. The minimum atomic E-state index is -0.133. The molecule has 1 fully saturated rings. The number of aryl methyl sites for hydroxylation is 1. The molecule has 0 radical (unpaired) electrons. The van der Waals surface area contributed by atoms with Gasteiger partial charge in [-0.2, -0.15) is 5.10 Å². The smallest absolute Gasteiger partial charge is 0.257 e. The lowest BCUT2D eigenvalue weighted by Crippen LogP contribution is -2.30. The quantitative estimate of drug-likeness (QED) is 0.382. The van der Waals surface area contributed by atoms with Crippen molar-refractivity contribution >= 4 is 17.2 Å². The maximum Gasteiger partial charge on any atom is 0.257 e. The highest BCUT2D eigenvalue weighted by molar-refractivity contribution is 7.09. The Labute approximate surface area is 202 Å². The number of para-hydroxylation sites is 1. The highest BCUT2D eigenvalue weighted by Gasteiger charge is 2.35. The van der Waals surface area contributed by atoms with Crippen molar-refractivity contribution in [3.63, 3.8) is 0 Å². The molecule has 1 unspecified atom stereocenters. The van der Waals surface area contributed by atoms with E-state index in [9.17, 15) is 4.79 Å². The molecule has 8 nitrogen and oxygen atoms in total. The summed E-state index contributed by atoms with van der Waals surface area (Å²) in [6, 6.07) is 9.44. The van der Waals surface area contributed by atoms with Gasteiger partial charge in [0.25, 0.3) is 11.9 Å². The molecular formula is C25H26N6O2S. The predicted molar refractivity (Wildman–Crippen MR) is 130 cm³/mol. The third kappa shape index (κ3) is 4.07. The van der Waals surface area contributed by atoms with Gasteiger partial charge in [-0.3, -0.25) is 4.79 Å². The van der Waals surface area contributed by atoms with Crippen LogP contribution in [0, 0.1) is 6.92 Å². The highest BCUT2D eigenvalue weighted by Crippen LogP contribution is 2.43. The van der Waals surface area contributed by atoms with E-state index in [1.54, 1.807) is 40.4 Å². The molecule has 0 aliphatic heterocycles. The third-order valence-corrected chi connectivity index (χ3v) is 7.24. The largest absolute Gasteiger partial charge is 0.496 e. The van der Waals surface area contributed by atoms with Crippen molar-refractivity contribution in [2.75, 3.05) is 14.2 Å². The molecule has 1 aliphatic rings. The van der Waals surface area contributed by atoms with Gasteiger partial charge in [0.2, 0.25) is 0 Å². The van der Waals surface area contributed by atoms with E-state index in [0.29, 0.717) is 11.5 Å². The lowest BCUT2D eigenvalue weighted by Gasteiger charge is -2.23. The lowest BCUT2D eigenvalue weighted by molar-refractivity contribution is 0.0741. The number of carbonyl (C=O) groups is 1. The van der Waals surface area contributed by atoms with Gasteiger partial charge in [0.05, 0.1) is 36.3 Å². The second-order valence-corrected chi connectivity index (χ2v) is 9.38. The fraction of sp³-hybridized carbons (Fsp3) is 0.320. The average molecular weight is 475 g/mol. The Balaban J connectivity index is 1.50. The van der Waals surface area contributed by atoms with E-state index in [2.05, 4.69) is 15.1 Å². The molecule has 1 saturated carbocycles. The summed E-state index contributed by atoms with van der Waals surface area (Å²) in [7, 11) is 3.46. The third-order valence-electron chi connectivity index (χ3n) is 6.11. The Morgan fingerprint density at radius 3 is 2.74 bits per heavy atom. The molecule has 0 bridgehead atoms. The van der Waals surface area contributed by atoms with Crippen LogP contribution in [0.4, 0.5) is 0 Å². The minimum Gasteiger partial charge on any atom is -0.496 e. The topological polar surface area (TPSA) is 86.0 Å². The van der Waals surface area contributed by atoms with Crippen LogP contribution in [0.25, 0.3) is 17.2 Å². The lowest BCUT2D eigenvalue weighted by atomic mass is 10.1. The van der Waals surface area contributed by atoms with Crippen LogP contribution in [0.2, 0.25) is 0 Å². The van der Waals surface area contributed by atoms with Crippen molar-refractivity contribution in [1.29, 1.82) is 0 Å². The molecule has 0 saturated heterocycles. The molecule has 0 N–H and O–H groups in total. The molecule has 9 heteroatoms. The molecule has 3 heterocycles. The predicted octanol–water partition coefficient (Wildman–Crippen LogP) is 4.81. The number of amides is 1. The van der Waals surface area contributed by atoms with Crippen molar-refractivity contribution in [2.45, 2.75) is 38.6 Å². The molecule has 1 amide bonds. The Morgan fingerprint density at radius 1 is 1.24 bits per heavy atom. The number of benzene rings is 1. The van der Waals surface area contributed by atoms with Crippen LogP contribution in [0.1, 0.15) is 58.5 Å². The highest BCUT2D eigenvalue weighted by atomic mass is 32.1. The van der Waals surface area contributed by atoms with E-state index in [0.717, 1.165) is 46.2 Å². The van der Waals surface area contributed by atoms with Gasteiger partial charge in [-0.15, -0.1) is 11.3 Å². The van der Waals surface area contributed by atoms with Gasteiger partial charge in [-0.05, 0) is 44.9 Å². The van der Waals surface area contributed by atoms with Gasteiger partial charge in [0.15, 0.2) is 0 Å². The number of rotatable bonds is 7. The first-order chi connectivity index (χ1) is 16.5.